The number of benzene rings is 2. The number of carbonyl (C=O) groups is 2. The van der Waals surface area contributed by atoms with Crippen LogP contribution in [-0.2, 0) is 20.9 Å². The third-order valence-corrected chi connectivity index (χ3v) is 4.07. The molecule has 1 aliphatic rings. The first kappa shape index (κ1) is 17.0. The molecule has 1 atom stereocenters. The average Bonchev–Trinajstić information content (AvgIpc) is 2.60. The number of hydrogen-bond acceptors (Lipinski definition) is 4. The van der Waals surface area contributed by atoms with Gasteiger partial charge in [0, 0.05) is 5.56 Å². The number of nitrogens with zero attached hydrogens (tertiary/aromatic N) is 1. The van der Waals surface area contributed by atoms with Gasteiger partial charge in [-0.25, -0.2) is 9.18 Å². The highest BCUT2D eigenvalue weighted by Crippen LogP contribution is 2.39. The molecule has 2 aromatic rings. The number of hydrogen-bond donors (Lipinski definition) is 0. The van der Waals surface area contributed by atoms with Gasteiger partial charge >= 0.3 is 5.97 Å². The maximum Gasteiger partial charge on any atom is 0.360 e. The number of fused-ring (bicyclic) bond motifs is 1. The second-order valence-corrected chi connectivity index (χ2v) is 5.81. The molecule has 0 saturated heterocycles. The van der Waals surface area contributed by atoms with Crippen LogP contribution in [0.25, 0.3) is 0 Å². The minimum absolute atomic E-state index is 0.0130. The largest absolute Gasteiger partial charge is 0.464 e. The van der Waals surface area contributed by atoms with Crippen LogP contribution in [0, 0.1) is 5.82 Å². The first-order valence-corrected chi connectivity index (χ1v) is 7.98. The lowest BCUT2D eigenvalue weighted by molar-refractivity contribution is -0.166. The van der Waals surface area contributed by atoms with Crippen LogP contribution in [0.4, 0.5) is 10.1 Å². The summed E-state index contributed by atoms with van der Waals surface area (Å²) < 4.78 is 24.8. The lowest BCUT2D eigenvalue weighted by Crippen LogP contribution is -2.59. The molecule has 6 heteroatoms. The van der Waals surface area contributed by atoms with E-state index in [1.807, 2.05) is 0 Å². The van der Waals surface area contributed by atoms with Crippen LogP contribution < -0.4 is 9.64 Å². The third-order valence-electron chi connectivity index (χ3n) is 4.07. The fraction of sp³-hybridized carbons (Fsp3) is 0.263. The number of rotatable bonds is 4. The molecule has 25 heavy (non-hydrogen) atoms. The minimum Gasteiger partial charge on any atom is -0.464 e. The van der Waals surface area contributed by atoms with Crippen molar-refractivity contribution in [2.24, 2.45) is 0 Å². The van der Waals surface area contributed by atoms with Crippen LogP contribution in [0.1, 0.15) is 19.4 Å². The van der Waals surface area contributed by atoms with Crippen LogP contribution in [0.2, 0.25) is 0 Å². The second kappa shape index (κ2) is 6.55. The van der Waals surface area contributed by atoms with E-state index in [1.165, 1.54) is 17.9 Å². The molecule has 0 bridgehead atoms. The van der Waals surface area contributed by atoms with Gasteiger partial charge < -0.3 is 14.4 Å². The van der Waals surface area contributed by atoms with Crippen LogP contribution in [0.5, 0.6) is 5.75 Å². The Morgan fingerprint density at radius 1 is 1.20 bits per heavy atom. The number of ether oxygens (including phenoxy) is 2. The summed E-state index contributed by atoms with van der Waals surface area (Å²) in [4.78, 5) is 26.7. The van der Waals surface area contributed by atoms with Gasteiger partial charge in [0.2, 0.25) is 0 Å². The average molecular weight is 343 g/mol. The SMILES string of the molecule is CCOC(=O)[C@@]1(C)Oc2ccccc2N(Cc2ccccc2F)C1=O. The van der Waals surface area contributed by atoms with Gasteiger partial charge in [-0.1, -0.05) is 30.3 Å². The molecule has 1 amide bonds. The van der Waals surface area contributed by atoms with Crippen molar-refractivity contribution in [2.75, 3.05) is 11.5 Å². The first-order valence-electron chi connectivity index (χ1n) is 7.98. The molecule has 1 aliphatic heterocycles. The summed E-state index contributed by atoms with van der Waals surface area (Å²) in [6, 6.07) is 13.0. The van der Waals surface area contributed by atoms with Gasteiger partial charge in [-0.3, -0.25) is 4.79 Å². The van der Waals surface area contributed by atoms with E-state index in [0.717, 1.165) is 0 Å². The Hall–Kier alpha value is -2.89. The Labute approximate surface area is 145 Å². The Morgan fingerprint density at radius 2 is 1.88 bits per heavy atom. The fourth-order valence-corrected chi connectivity index (χ4v) is 2.75. The summed E-state index contributed by atoms with van der Waals surface area (Å²) in [6.45, 7) is 3.14. The lowest BCUT2D eigenvalue weighted by atomic mass is 10.0. The van der Waals surface area contributed by atoms with Crippen molar-refractivity contribution >= 4 is 17.6 Å². The summed E-state index contributed by atoms with van der Waals surface area (Å²) in [5.74, 6) is -1.41. The molecule has 3 rings (SSSR count). The van der Waals surface area contributed by atoms with Gasteiger partial charge in [0.15, 0.2) is 0 Å². The lowest BCUT2D eigenvalue weighted by Gasteiger charge is -2.39. The van der Waals surface area contributed by atoms with Gasteiger partial charge in [0.25, 0.3) is 11.5 Å². The molecule has 0 fully saturated rings. The minimum atomic E-state index is -1.81. The van der Waals surface area contributed by atoms with Crippen LogP contribution in [-0.4, -0.2) is 24.1 Å². The number of esters is 1. The van der Waals surface area contributed by atoms with Gasteiger partial charge in [-0.2, -0.15) is 0 Å². The Bertz CT molecular complexity index is 823. The van der Waals surface area contributed by atoms with Gasteiger partial charge in [0.05, 0.1) is 18.8 Å². The summed E-state index contributed by atoms with van der Waals surface area (Å²) >= 11 is 0. The molecule has 0 N–H and O–H groups in total. The molecule has 0 saturated carbocycles. The molecule has 2 aromatic carbocycles. The van der Waals surface area contributed by atoms with E-state index in [9.17, 15) is 14.0 Å². The molecule has 0 unspecified atom stereocenters. The molecule has 0 aliphatic carbocycles. The molecule has 5 nitrogen and oxygen atoms in total. The fourth-order valence-electron chi connectivity index (χ4n) is 2.75. The van der Waals surface area contributed by atoms with Crippen LogP contribution in [0.15, 0.2) is 48.5 Å². The van der Waals surface area contributed by atoms with E-state index >= 15 is 0 Å². The molecular weight excluding hydrogens is 325 g/mol. The number of amides is 1. The molecule has 130 valence electrons. The quantitative estimate of drug-likeness (QED) is 0.632. The van der Waals surface area contributed by atoms with Crippen LogP contribution >= 0.6 is 0 Å². The van der Waals surface area contributed by atoms with Gasteiger partial charge in [-0.05, 0) is 32.0 Å². The number of carbonyl (C=O) groups excluding carboxylic acids is 2. The first-order chi connectivity index (χ1) is 12.0. The summed E-state index contributed by atoms with van der Waals surface area (Å²) in [5.41, 5.74) is -0.980. The van der Waals surface area contributed by atoms with Crippen molar-refractivity contribution in [3.63, 3.8) is 0 Å². The van der Waals surface area contributed by atoms with Crippen molar-refractivity contribution in [2.45, 2.75) is 26.0 Å². The highest BCUT2D eigenvalue weighted by molar-refractivity contribution is 6.15. The van der Waals surface area contributed by atoms with Gasteiger partial charge in [-0.15, -0.1) is 0 Å². The monoisotopic (exact) mass is 343 g/mol. The van der Waals surface area contributed by atoms with E-state index in [-0.39, 0.29) is 13.2 Å². The van der Waals surface area contributed by atoms with Crippen molar-refractivity contribution in [1.82, 2.24) is 0 Å². The molecule has 0 aromatic heterocycles. The van der Waals surface area contributed by atoms with E-state index < -0.39 is 23.3 Å². The Balaban J connectivity index is 2.04. The van der Waals surface area contributed by atoms with Crippen molar-refractivity contribution in [1.29, 1.82) is 0 Å². The maximum absolute atomic E-state index is 14.1. The molecular formula is C19H18FNO4. The zero-order valence-electron chi connectivity index (χ0n) is 14.0. The third kappa shape index (κ3) is 2.95. The highest BCUT2D eigenvalue weighted by atomic mass is 19.1. The predicted molar refractivity (Wildman–Crippen MR) is 89.7 cm³/mol. The zero-order valence-corrected chi connectivity index (χ0v) is 14.0. The highest BCUT2D eigenvalue weighted by Gasteiger charge is 2.52. The van der Waals surface area contributed by atoms with E-state index in [1.54, 1.807) is 49.4 Å². The van der Waals surface area contributed by atoms with Gasteiger partial charge in [0.1, 0.15) is 11.6 Å². The molecule has 0 spiro atoms. The molecule has 1 heterocycles. The summed E-state index contributed by atoms with van der Waals surface area (Å²) in [5, 5.41) is 0. The summed E-state index contributed by atoms with van der Waals surface area (Å²) in [7, 11) is 0. The zero-order chi connectivity index (χ0) is 18.0. The number of anilines is 1. The Kier molecular flexibility index (Phi) is 4.44. The summed E-state index contributed by atoms with van der Waals surface area (Å²) in [6.07, 6.45) is 0. The van der Waals surface area contributed by atoms with E-state index in [2.05, 4.69) is 0 Å². The topological polar surface area (TPSA) is 55.8 Å². The Morgan fingerprint density at radius 3 is 2.60 bits per heavy atom. The normalized spacial score (nSPS) is 19.2. The predicted octanol–water partition coefficient (Wildman–Crippen LogP) is 3.07. The van der Waals surface area contributed by atoms with Crippen LogP contribution in [0.3, 0.4) is 0 Å². The second-order valence-electron chi connectivity index (χ2n) is 5.81. The van der Waals surface area contributed by atoms with E-state index in [4.69, 9.17) is 9.47 Å². The smallest absolute Gasteiger partial charge is 0.360 e. The van der Waals surface area contributed by atoms with E-state index in [0.29, 0.717) is 17.0 Å². The van der Waals surface area contributed by atoms with Crippen molar-refractivity contribution in [3.05, 3.63) is 59.9 Å². The van der Waals surface area contributed by atoms with Crippen molar-refractivity contribution in [3.8, 4) is 5.75 Å². The number of halogens is 1. The standard InChI is InChI=1S/C19H18FNO4/c1-3-24-18(23)19(2)17(22)21(12-13-8-4-5-9-14(13)20)15-10-6-7-11-16(15)25-19/h4-11H,3,12H2,1-2H3/t19-/m0/s1. The maximum atomic E-state index is 14.1. The number of para-hydroxylation sites is 2. The van der Waals surface area contributed by atoms with Crippen molar-refractivity contribution < 1.29 is 23.5 Å². The molecule has 0 radical (unpaired) electrons.